The van der Waals surface area contributed by atoms with Crippen molar-refractivity contribution in [3.05, 3.63) is 32.7 Å². The number of aliphatic hydroxyl groups excluding tert-OH is 1. The van der Waals surface area contributed by atoms with E-state index in [1.807, 2.05) is 18.2 Å². The average Bonchev–Trinajstić information content (AvgIpc) is 2.30. The Morgan fingerprint density at radius 1 is 1.11 bits per heavy atom. The zero-order valence-electron chi connectivity index (χ0n) is 10.9. The summed E-state index contributed by atoms with van der Waals surface area (Å²) in [5, 5.41) is 10.6. The number of rotatable bonds is 2. The van der Waals surface area contributed by atoms with Gasteiger partial charge in [-0.3, -0.25) is 0 Å². The fourth-order valence-corrected chi connectivity index (χ4v) is 4.12. The van der Waals surface area contributed by atoms with Crippen molar-refractivity contribution in [2.75, 3.05) is 0 Å². The van der Waals surface area contributed by atoms with Crippen LogP contribution in [0.25, 0.3) is 0 Å². The topological polar surface area (TPSA) is 20.2 Å². The van der Waals surface area contributed by atoms with Gasteiger partial charge in [-0.2, -0.15) is 0 Å². The molecule has 0 amide bonds. The van der Waals surface area contributed by atoms with Gasteiger partial charge in [0.2, 0.25) is 0 Å². The third-order valence-electron chi connectivity index (χ3n) is 3.94. The number of halogens is 2. The van der Waals surface area contributed by atoms with Gasteiger partial charge < -0.3 is 5.11 Å². The fraction of sp³-hybridized carbons (Fsp3) is 0.600. The van der Waals surface area contributed by atoms with E-state index in [4.69, 9.17) is 0 Å². The molecule has 1 N–H and O–H groups in total. The monoisotopic (exact) mass is 374 g/mol. The molecule has 1 fully saturated rings. The predicted octanol–water partition coefficient (Wildman–Crippen LogP) is 5.32. The second-order valence-electron chi connectivity index (χ2n) is 5.79. The molecule has 2 rings (SSSR count). The maximum Gasteiger partial charge on any atom is 0.0829 e. The number of hydrogen-bond donors (Lipinski definition) is 1. The molecule has 1 saturated carbocycles. The first-order valence-electron chi connectivity index (χ1n) is 6.60. The second-order valence-corrected chi connectivity index (χ2v) is 7.56. The maximum absolute atomic E-state index is 10.6. The molecule has 0 bridgehead atoms. The molecule has 1 nitrogen and oxygen atoms in total. The highest BCUT2D eigenvalue weighted by Crippen LogP contribution is 2.41. The van der Waals surface area contributed by atoms with Crippen molar-refractivity contribution in [3.8, 4) is 0 Å². The van der Waals surface area contributed by atoms with Crippen LogP contribution in [0.4, 0.5) is 0 Å². The predicted molar refractivity (Wildman–Crippen MR) is 82.5 cm³/mol. The first-order valence-corrected chi connectivity index (χ1v) is 8.19. The summed E-state index contributed by atoms with van der Waals surface area (Å²) in [6.45, 7) is 4.59. The molecule has 3 unspecified atom stereocenters. The van der Waals surface area contributed by atoms with Crippen molar-refractivity contribution >= 4 is 31.9 Å². The molecule has 0 radical (unpaired) electrons. The van der Waals surface area contributed by atoms with Crippen LogP contribution in [-0.2, 0) is 0 Å². The molecule has 0 spiro atoms. The van der Waals surface area contributed by atoms with E-state index in [0.717, 1.165) is 39.2 Å². The molecule has 1 aromatic rings. The summed E-state index contributed by atoms with van der Waals surface area (Å²) in [5.74, 6) is 1.83. The molecule has 3 heteroatoms. The van der Waals surface area contributed by atoms with Crippen molar-refractivity contribution < 1.29 is 5.11 Å². The van der Waals surface area contributed by atoms with Crippen molar-refractivity contribution in [1.82, 2.24) is 0 Å². The van der Waals surface area contributed by atoms with Gasteiger partial charge in [0.05, 0.1) is 6.10 Å². The van der Waals surface area contributed by atoms with Crippen LogP contribution in [0.1, 0.15) is 44.8 Å². The van der Waals surface area contributed by atoms with Crippen LogP contribution in [0.2, 0.25) is 0 Å². The Kier molecular flexibility index (Phi) is 4.90. The Balaban J connectivity index is 2.19. The molecular weight excluding hydrogens is 356 g/mol. The smallest absolute Gasteiger partial charge is 0.0829 e. The summed E-state index contributed by atoms with van der Waals surface area (Å²) >= 11 is 7.03. The third kappa shape index (κ3) is 3.37. The second kappa shape index (κ2) is 6.06. The van der Waals surface area contributed by atoms with Gasteiger partial charge in [0, 0.05) is 8.95 Å². The minimum atomic E-state index is -0.359. The van der Waals surface area contributed by atoms with Crippen LogP contribution in [0.3, 0.4) is 0 Å². The van der Waals surface area contributed by atoms with E-state index in [-0.39, 0.29) is 6.10 Å². The zero-order valence-corrected chi connectivity index (χ0v) is 14.0. The van der Waals surface area contributed by atoms with Crippen LogP contribution < -0.4 is 0 Å². The highest BCUT2D eigenvalue weighted by Gasteiger charge is 2.30. The molecule has 1 aliphatic carbocycles. The van der Waals surface area contributed by atoms with E-state index in [1.165, 1.54) is 6.42 Å². The van der Waals surface area contributed by atoms with Gasteiger partial charge in [-0.05, 0) is 60.8 Å². The number of aliphatic hydroxyl groups is 1. The molecule has 18 heavy (non-hydrogen) atoms. The van der Waals surface area contributed by atoms with Gasteiger partial charge in [0.1, 0.15) is 0 Å². The van der Waals surface area contributed by atoms with Gasteiger partial charge in [-0.1, -0.05) is 45.7 Å². The first-order chi connectivity index (χ1) is 8.47. The normalized spacial score (nSPS) is 30.2. The van der Waals surface area contributed by atoms with E-state index in [1.54, 1.807) is 0 Å². The summed E-state index contributed by atoms with van der Waals surface area (Å²) in [6, 6.07) is 6.02. The zero-order chi connectivity index (χ0) is 13.3. The van der Waals surface area contributed by atoms with Crippen LogP contribution in [0.5, 0.6) is 0 Å². The average molecular weight is 376 g/mol. The first kappa shape index (κ1) is 14.5. The summed E-state index contributed by atoms with van der Waals surface area (Å²) in [5.41, 5.74) is 1.01. The van der Waals surface area contributed by atoms with Gasteiger partial charge in [0.15, 0.2) is 0 Å². The Bertz CT molecular complexity index is 409. The number of benzene rings is 1. The highest BCUT2D eigenvalue weighted by atomic mass is 79.9. The fourth-order valence-electron chi connectivity index (χ4n) is 3.26. The van der Waals surface area contributed by atoms with Crippen molar-refractivity contribution in [2.24, 2.45) is 17.8 Å². The lowest BCUT2D eigenvalue weighted by atomic mass is 9.73. The van der Waals surface area contributed by atoms with Gasteiger partial charge in [0.25, 0.3) is 0 Å². The molecule has 3 atom stereocenters. The van der Waals surface area contributed by atoms with Gasteiger partial charge in [-0.15, -0.1) is 0 Å². The summed E-state index contributed by atoms with van der Waals surface area (Å²) < 4.78 is 2.03. The lowest BCUT2D eigenvalue weighted by Crippen LogP contribution is -2.24. The van der Waals surface area contributed by atoms with Crippen LogP contribution >= 0.6 is 31.9 Å². The van der Waals surface area contributed by atoms with Crippen LogP contribution in [0.15, 0.2) is 27.1 Å². The highest BCUT2D eigenvalue weighted by molar-refractivity contribution is 9.11. The van der Waals surface area contributed by atoms with Crippen molar-refractivity contribution in [2.45, 2.75) is 39.2 Å². The summed E-state index contributed by atoms with van der Waals surface area (Å²) in [4.78, 5) is 0. The molecule has 1 aromatic carbocycles. The summed E-state index contributed by atoms with van der Waals surface area (Å²) in [7, 11) is 0. The SMILES string of the molecule is CC1CC(C)CC(C(O)c2cc(Br)ccc2Br)C1. The Morgan fingerprint density at radius 3 is 2.33 bits per heavy atom. The number of hydrogen-bond acceptors (Lipinski definition) is 1. The van der Waals surface area contributed by atoms with Gasteiger partial charge in [-0.25, -0.2) is 0 Å². The van der Waals surface area contributed by atoms with Crippen molar-refractivity contribution in [3.63, 3.8) is 0 Å². The minimum absolute atomic E-state index is 0.359. The van der Waals surface area contributed by atoms with Crippen LogP contribution in [0, 0.1) is 17.8 Å². The molecule has 0 aliphatic heterocycles. The van der Waals surface area contributed by atoms with E-state index < -0.39 is 0 Å². The van der Waals surface area contributed by atoms with Crippen molar-refractivity contribution in [1.29, 1.82) is 0 Å². The van der Waals surface area contributed by atoms with Crippen LogP contribution in [-0.4, -0.2) is 5.11 Å². The van der Waals surface area contributed by atoms with E-state index in [2.05, 4.69) is 45.7 Å². The van der Waals surface area contributed by atoms with Gasteiger partial charge >= 0.3 is 0 Å². The van der Waals surface area contributed by atoms with E-state index >= 15 is 0 Å². The Hall–Kier alpha value is 0.140. The third-order valence-corrected chi connectivity index (χ3v) is 5.15. The molecule has 0 heterocycles. The Morgan fingerprint density at radius 2 is 1.72 bits per heavy atom. The lowest BCUT2D eigenvalue weighted by Gasteiger charge is -2.34. The lowest BCUT2D eigenvalue weighted by molar-refractivity contribution is 0.0546. The van der Waals surface area contributed by atoms with E-state index in [9.17, 15) is 5.11 Å². The largest absolute Gasteiger partial charge is 0.388 e. The molecule has 0 saturated heterocycles. The summed E-state index contributed by atoms with van der Waals surface area (Å²) in [6.07, 6.45) is 3.19. The molecular formula is C15H20Br2O. The maximum atomic E-state index is 10.6. The standard InChI is InChI=1S/C15H20Br2O/c1-9-5-10(2)7-11(6-9)15(18)13-8-12(16)3-4-14(13)17/h3-4,8-11,15,18H,5-7H2,1-2H3. The molecule has 1 aliphatic rings. The molecule has 0 aromatic heterocycles. The molecule has 100 valence electrons. The minimum Gasteiger partial charge on any atom is -0.388 e. The Labute approximate surface area is 126 Å². The van der Waals surface area contributed by atoms with E-state index in [0.29, 0.717) is 5.92 Å². The quantitative estimate of drug-likeness (QED) is 0.741.